The lowest BCUT2D eigenvalue weighted by Gasteiger charge is -2.21. The van der Waals surface area contributed by atoms with Crippen molar-refractivity contribution in [3.05, 3.63) is 35.7 Å². The number of aromatic nitrogens is 2. The molecule has 0 spiro atoms. The Labute approximate surface area is 117 Å². The zero-order valence-corrected chi connectivity index (χ0v) is 11.7. The molecule has 0 radical (unpaired) electrons. The third kappa shape index (κ3) is 3.16. The molecule has 1 aliphatic rings. The molecule has 4 nitrogen and oxygen atoms in total. The minimum atomic E-state index is 0.449. The number of rotatable bonds is 3. The van der Waals surface area contributed by atoms with E-state index in [9.17, 15) is 0 Å². The van der Waals surface area contributed by atoms with Gasteiger partial charge < -0.3 is 9.84 Å². The van der Waals surface area contributed by atoms with Gasteiger partial charge in [0, 0.05) is 36.1 Å². The topological polar surface area (TPSA) is 51.0 Å². The highest BCUT2D eigenvalue weighted by Crippen LogP contribution is 2.18. The van der Waals surface area contributed by atoms with E-state index in [0.717, 1.165) is 30.2 Å². The van der Waals surface area contributed by atoms with Crippen LogP contribution in [0.25, 0.3) is 11.4 Å². The van der Waals surface area contributed by atoms with Crippen molar-refractivity contribution in [1.82, 2.24) is 15.5 Å². The van der Waals surface area contributed by atoms with Crippen LogP contribution in [0.2, 0.25) is 0 Å². The summed E-state index contributed by atoms with van der Waals surface area (Å²) in [6.45, 7) is 3.13. The van der Waals surface area contributed by atoms with Gasteiger partial charge in [0.15, 0.2) is 0 Å². The fraction of sp³-hybridized carbons (Fsp3) is 0.429. The van der Waals surface area contributed by atoms with Gasteiger partial charge >= 0.3 is 0 Å². The summed E-state index contributed by atoms with van der Waals surface area (Å²) in [5, 5.41) is 7.55. The minimum Gasteiger partial charge on any atom is -0.339 e. The Kier molecular flexibility index (Phi) is 3.84. The quantitative estimate of drug-likeness (QED) is 0.931. The first-order valence-corrected chi connectivity index (χ1v) is 7.67. The lowest BCUT2D eigenvalue weighted by atomic mass is 10.1. The monoisotopic (exact) mass is 275 g/mol. The number of nitrogens with one attached hydrogen (secondary N) is 1. The molecule has 1 aromatic heterocycles. The number of aryl methyl sites for hydroxylation is 1. The average Bonchev–Trinajstić information content (AvgIpc) is 2.88. The van der Waals surface area contributed by atoms with Crippen LogP contribution in [0, 0.1) is 6.92 Å². The van der Waals surface area contributed by atoms with E-state index in [4.69, 9.17) is 4.52 Å². The van der Waals surface area contributed by atoms with Gasteiger partial charge in [0.25, 0.3) is 0 Å². The fourth-order valence-electron chi connectivity index (χ4n) is 2.20. The highest BCUT2D eigenvalue weighted by Gasteiger charge is 2.17. The van der Waals surface area contributed by atoms with Gasteiger partial charge in [0.05, 0.1) is 0 Å². The predicted octanol–water partition coefficient (Wildman–Crippen LogP) is 2.29. The van der Waals surface area contributed by atoms with E-state index in [0.29, 0.717) is 11.9 Å². The van der Waals surface area contributed by atoms with E-state index >= 15 is 0 Å². The predicted molar refractivity (Wildman–Crippen MR) is 77.3 cm³/mol. The summed E-state index contributed by atoms with van der Waals surface area (Å²) in [7, 11) is 0. The number of benzene rings is 1. The maximum absolute atomic E-state index is 5.35. The average molecular weight is 275 g/mol. The van der Waals surface area contributed by atoms with Crippen molar-refractivity contribution in [3.63, 3.8) is 0 Å². The molecular formula is C14H17N3OS. The Morgan fingerprint density at radius 1 is 1.47 bits per heavy atom. The van der Waals surface area contributed by atoms with E-state index < -0.39 is 0 Å². The van der Waals surface area contributed by atoms with Gasteiger partial charge in [-0.3, -0.25) is 0 Å². The maximum Gasteiger partial charge on any atom is 0.228 e. The van der Waals surface area contributed by atoms with E-state index in [1.807, 2.05) is 23.9 Å². The summed E-state index contributed by atoms with van der Waals surface area (Å²) in [5.74, 6) is 3.70. The van der Waals surface area contributed by atoms with E-state index in [-0.39, 0.29) is 0 Å². The van der Waals surface area contributed by atoms with E-state index in [1.54, 1.807) is 0 Å². The summed E-state index contributed by atoms with van der Waals surface area (Å²) in [5.41, 5.74) is 2.22. The molecule has 2 heterocycles. The van der Waals surface area contributed by atoms with Gasteiger partial charge in [0.1, 0.15) is 0 Å². The van der Waals surface area contributed by atoms with Gasteiger partial charge in [-0.05, 0) is 13.0 Å². The van der Waals surface area contributed by atoms with Crippen molar-refractivity contribution in [2.24, 2.45) is 0 Å². The van der Waals surface area contributed by atoms with Gasteiger partial charge in [-0.2, -0.15) is 16.7 Å². The lowest BCUT2D eigenvalue weighted by molar-refractivity contribution is 0.363. The van der Waals surface area contributed by atoms with Crippen LogP contribution >= 0.6 is 11.8 Å². The SMILES string of the molecule is Cc1cccc(-c2noc(CC3CSCCN3)n2)c1. The number of hydrogen-bond donors (Lipinski definition) is 1. The third-order valence-electron chi connectivity index (χ3n) is 3.16. The first kappa shape index (κ1) is 12.7. The van der Waals surface area contributed by atoms with Crippen LogP contribution in [0.5, 0.6) is 0 Å². The summed E-state index contributed by atoms with van der Waals surface area (Å²) in [4.78, 5) is 4.49. The number of nitrogens with zero attached hydrogens (tertiary/aromatic N) is 2. The standard InChI is InChI=1S/C14H17N3OS/c1-10-3-2-4-11(7-10)14-16-13(18-17-14)8-12-9-19-6-5-15-12/h2-4,7,12,15H,5-6,8-9H2,1H3. The second kappa shape index (κ2) is 5.75. The molecule has 1 unspecified atom stereocenters. The normalized spacial score (nSPS) is 19.5. The largest absolute Gasteiger partial charge is 0.339 e. The summed E-state index contributed by atoms with van der Waals surface area (Å²) in [6, 6.07) is 8.61. The number of hydrogen-bond acceptors (Lipinski definition) is 5. The highest BCUT2D eigenvalue weighted by molar-refractivity contribution is 7.99. The van der Waals surface area contributed by atoms with Crippen LogP contribution in [-0.4, -0.2) is 34.2 Å². The Morgan fingerprint density at radius 2 is 2.42 bits per heavy atom. The van der Waals surface area contributed by atoms with Gasteiger partial charge in [0.2, 0.25) is 11.7 Å². The highest BCUT2D eigenvalue weighted by atomic mass is 32.2. The molecule has 19 heavy (non-hydrogen) atoms. The minimum absolute atomic E-state index is 0.449. The molecule has 0 amide bonds. The Balaban J connectivity index is 1.72. The maximum atomic E-state index is 5.35. The molecule has 5 heteroatoms. The zero-order valence-electron chi connectivity index (χ0n) is 10.9. The van der Waals surface area contributed by atoms with Crippen LogP contribution in [0.1, 0.15) is 11.5 Å². The van der Waals surface area contributed by atoms with Crippen molar-refractivity contribution >= 4 is 11.8 Å². The lowest BCUT2D eigenvalue weighted by Crippen LogP contribution is -2.38. The van der Waals surface area contributed by atoms with Crippen molar-refractivity contribution in [3.8, 4) is 11.4 Å². The molecule has 1 saturated heterocycles. The molecule has 0 saturated carbocycles. The van der Waals surface area contributed by atoms with Crippen LogP contribution < -0.4 is 5.32 Å². The molecule has 0 aliphatic carbocycles. The Morgan fingerprint density at radius 3 is 3.21 bits per heavy atom. The third-order valence-corrected chi connectivity index (χ3v) is 4.29. The summed E-state index contributed by atoms with van der Waals surface area (Å²) < 4.78 is 5.35. The van der Waals surface area contributed by atoms with E-state index in [1.165, 1.54) is 11.3 Å². The van der Waals surface area contributed by atoms with Crippen molar-refractivity contribution in [2.45, 2.75) is 19.4 Å². The molecule has 1 N–H and O–H groups in total. The molecule has 1 aliphatic heterocycles. The summed E-state index contributed by atoms with van der Waals surface area (Å²) >= 11 is 1.98. The summed E-state index contributed by atoms with van der Waals surface area (Å²) in [6.07, 6.45) is 0.811. The van der Waals surface area contributed by atoms with Crippen molar-refractivity contribution in [1.29, 1.82) is 0 Å². The molecule has 1 atom stereocenters. The molecule has 1 fully saturated rings. The van der Waals surface area contributed by atoms with Crippen molar-refractivity contribution in [2.75, 3.05) is 18.1 Å². The smallest absolute Gasteiger partial charge is 0.228 e. The second-order valence-corrected chi connectivity index (χ2v) is 5.96. The van der Waals surface area contributed by atoms with Crippen LogP contribution in [-0.2, 0) is 6.42 Å². The molecule has 100 valence electrons. The molecule has 2 aromatic rings. The fourth-order valence-corrected chi connectivity index (χ4v) is 3.15. The first-order valence-electron chi connectivity index (χ1n) is 6.52. The zero-order chi connectivity index (χ0) is 13.1. The van der Waals surface area contributed by atoms with Crippen LogP contribution in [0.3, 0.4) is 0 Å². The van der Waals surface area contributed by atoms with Gasteiger partial charge in [-0.1, -0.05) is 28.9 Å². The van der Waals surface area contributed by atoms with Crippen molar-refractivity contribution < 1.29 is 4.52 Å². The first-order chi connectivity index (χ1) is 9.31. The Hall–Kier alpha value is -1.33. The molecule has 0 bridgehead atoms. The molecular weight excluding hydrogens is 258 g/mol. The Bertz CT molecular complexity index is 549. The molecule has 3 rings (SSSR count). The molecule has 1 aromatic carbocycles. The van der Waals surface area contributed by atoms with Crippen LogP contribution in [0.4, 0.5) is 0 Å². The van der Waals surface area contributed by atoms with Gasteiger partial charge in [-0.15, -0.1) is 0 Å². The van der Waals surface area contributed by atoms with Gasteiger partial charge in [-0.25, -0.2) is 0 Å². The van der Waals surface area contributed by atoms with E-state index in [2.05, 4.69) is 34.5 Å². The van der Waals surface area contributed by atoms with Crippen LogP contribution in [0.15, 0.2) is 28.8 Å². The second-order valence-electron chi connectivity index (χ2n) is 4.81. The number of thioether (sulfide) groups is 1.